The van der Waals surface area contributed by atoms with Gasteiger partial charge in [-0.25, -0.2) is 4.79 Å². The van der Waals surface area contributed by atoms with Crippen LogP contribution in [0, 0.1) is 21.4 Å². The van der Waals surface area contributed by atoms with Crippen molar-refractivity contribution in [3.63, 3.8) is 0 Å². The summed E-state index contributed by atoms with van der Waals surface area (Å²) >= 11 is 0. The van der Waals surface area contributed by atoms with Gasteiger partial charge in [0.25, 0.3) is 5.69 Å². The van der Waals surface area contributed by atoms with Crippen LogP contribution < -0.4 is 5.73 Å². The second-order valence-corrected chi connectivity index (χ2v) is 6.86. The number of nitrogens with two attached hydrogens (primary N) is 1. The van der Waals surface area contributed by atoms with E-state index in [2.05, 4.69) is 4.90 Å². The number of hydrogen-bond acceptors (Lipinski definition) is 6. The number of nitriles is 1. The quantitative estimate of drug-likeness (QED) is 0.669. The number of nitro groups is 1. The molecule has 1 aliphatic heterocycles. The van der Waals surface area contributed by atoms with Gasteiger partial charge in [0.05, 0.1) is 16.6 Å². The largest absolute Gasteiger partial charge is 0.437 e. The molecule has 24 heavy (non-hydrogen) atoms. The maximum atomic E-state index is 11.5. The van der Waals surface area contributed by atoms with E-state index in [-0.39, 0.29) is 16.8 Å². The van der Waals surface area contributed by atoms with Crippen molar-refractivity contribution in [2.24, 2.45) is 5.73 Å². The molecule has 0 spiro atoms. The van der Waals surface area contributed by atoms with E-state index in [9.17, 15) is 20.2 Å². The zero-order valence-corrected chi connectivity index (χ0v) is 13.9. The number of rotatable bonds is 3. The molecule has 1 aliphatic rings. The van der Waals surface area contributed by atoms with Crippen molar-refractivity contribution >= 4 is 11.8 Å². The number of carbonyl (C=O) groups excluding carboxylic acids is 1. The average Bonchev–Trinajstić information content (AvgIpc) is 2.91. The SMILES string of the molecule is CC(C)(C)N1CC[C@](OC(N)=O)(c2ccc([N+](=O)[O-])cc2C#N)C1. The Morgan fingerprint density at radius 3 is 2.62 bits per heavy atom. The monoisotopic (exact) mass is 332 g/mol. The third-order valence-corrected chi connectivity index (χ3v) is 4.30. The molecule has 1 atom stereocenters. The Labute approximate surface area is 139 Å². The summed E-state index contributed by atoms with van der Waals surface area (Å²) in [7, 11) is 0. The Bertz CT molecular complexity index is 720. The van der Waals surface area contributed by atoms with Crippen LogP contribution in [-0.4, -0.2) is 34.5 Å². The maximum absolute atomic E-state index is 11.5. The van der Waals surface area contributed by atoms with Crippen molar-refractivity contribution in [2.45, 2.75) is 38.3 Å². The second-order valence-electron chi connectivity index (χ2n) is 6.86. The smallest absolute Gasteiger partial charge is 0.405 e. The summed E-state index contributed by atoms with van der Waals surface area (Å²) < 4.78 is 5.43. The molecule has 1 saturated heterocycles. The minimum atomic E-state index is -1.08. The molecule has 0 aliphatic carbocycles. The van der Waals surface area contributed by atoms with E-state index >= 15 is 0 Å². The molecule has 0 saturated carbocycles. The molecule has 1 aromatic rings. The van der Waals surface area contributed by atoms with Crippen molar-refractivity contribution in [1.82, 2.24) is 4.90 Å². The second kappa shape index (κ2) is 6.09. The Kier molecular flexibility index (Phi) is 4.49. The van der Waals surface area contributed by atoms with Gasteiger partial charge >= 0.3 is 6.09 Å². The number of nitro benzene ring substituents is 1. The van der Waals surface area contributed by atoms with E-state index in [0.717, 1.165) is 0 Å². The van der Waals surface area contributed by atoms with Crippen LogP contribution >= 0.6 is 0 Å². The highest BCUT2D eigenvalue weighted by molar-refractivity contribution is 5.66. The van der Waals surface area contributed by atoms with E-state index in [1.54, 1.807) is 0 Å². The fourth-order valence-corrected chi connectivity index (χ4v) is 3.04. The molecular weight excluding hydrogens is 312 g/mol. The van der Waals surface area contributed by atoms with Crippen molar-refractivity contribution in [2.75, 3.05) is 13.1 Å². The number of ether oxygens (including phenoxy) is 1. The molecule has 0 aromatic heterocycles. The van der Waals surface area contributed by atoms with Gasteiger partial charge in [-0.05, 0) is 26.8 Å². The summed E-state index contributed by atoms with van der Waals surface area (Å²) in [5.41, 5.74) is 4.38. The minimum absolute atomic E-state index is 0.112. The minimum Gasteiger partial charge on any atom is -0.437 e. The maximum Gasteiger partial charge on any atom is 0.405 e. The third kappa shape index (κ3) is 3.31. The molecule has 8 nitrogen and oxygen atoms in total. The average molecular weight is 332 g/mol. The Morgan fingerprint density at radius 1 is 1.50 bits per heavy atom. The molecule has 1 heterocycles. The van der Waals surface area contributed by atoms with Gasteiger partial charge in [0.15, 0.2) is 5.60 Å². The molecule has 0 unspecified atom stereocenters. The van der Waals surface area contributed by atoms with Gasteiger partial charge in [0.2, 0.25) is 0 Å². The lowest BCUT2D eigenvalue weighted by Gasteiger charge is -2.35. The standard InChI is InChI=1S/C16H20N4O4/c1-15(2,3)19-7-6-16(10-19,24-14(18)21)13-5-4-12(20(22)23)8-11(13)9-17/h4-5,8H,6-7,10H2,1-3H3,(H2,18,21)/t16-/m1/s1. The van der Waals surface area contributed by atoms with E-state index < -0.39 is 16.6 Å². The number of nitrogens with zero attached hydrogens (tertiary/aromatic N) is 3. The van der Waals surface area contributed by atoms with Crippen LogP contribution in [0.1, 0.15) is 38.3 Å². The molecule has 1 fully saturated rings. The van der Waals surface area contributed by atoms with E-state index in [0.29, 0.717) is 25.1 Å². The van der Waals surface area contributed by atoms with E-state index in [4.69, 9.17) is 10.5 Å². The highest BCUT2D eigenvalue weighted by Gasteiger charge is 2.47. The predicted octanol–water partition coefficient (Wildman–Crippen LogP) is 2.26. The lowest BCUT2D eigenvalue weighted by atomic mass is 9.88. The van der Waals surface area contributed by atoms with Crippen LogP contribution in [0.2, 0.25) is 0 Å². The number of amides is 1. The molecule has 2 N–H and O–H groups in total. The highest BCUT2D eigenvalue weighted by atomic mass is 16.6. The van der Waals surface area contributed by atoms with Gasteiger partial charge < -0.3 is 10.5 Å². The van der Waals surface area contributed by atoms with Gasteiger partial charge in [-0.2, -0.15) is 5.26 Å². The van der Waals surface area contributed by atoms with Crippen LogP contribution in [0.25, 0.3) is 0 Å². The zero-order chi connectivity index (χ0) is 18.1. The molecule has 0 bridgehead atoms. The zero-order valence-electron chi connectivity index (χ0n) is 13.9. The predicted molar refractivity (Wildman–Crippen MR) is 86.1 cm³/mol. The van der Waals surface area contributed by atoms with Crippen LogP contribution in [-0.2, 0) is 10.3 Å². The molecule has 1 aromatic carbocycles. The Morgan fingerprint density at radius 2 is 2.17 bits per heavy atom. The Balaban J connectivity index is 2.53. The summed E-state index contributed by atoms with van der Waals surface area (Å²) in [4.78, 5) is 23.9. The van der Waals surface area contributed by atoms with Gasteiger partial charge in [-0.15, -0.1) is 0 Å². The van der Waals surface area contributed by atoms with Crippen molar-refractivity contribution in [3.05, 3.63) is 39.4 Å². The van der Waals surface area contributed by atoms with Crippen LogP contribution in [0.3, 0.4) is 0 Å². The number of benzene rings is 1. The molecule has 1 amide bonds. The first-order chi connectivity index (χ1) is 11.1. The van der Waals surface area contributed by atoms with Crippen LogP contribution in [0.15, 0.2) is 18.2 Å². The van der Waals surface area contributed by atoms with Gasteiger partial charge in [0.1, 0.15) is 0 Å². The molecule has 8 heteroatoms. The fourth-order valence-electron chi connectivity index (χ4n) is 3.04. The summed E-state index contributed by atoms with van der Waals surface area (Å²) in [5, 5.41) is 20.3. The summed E-state index contributed by atoms with van der Waals surface area (Å²) in [6, 6.07) is 5.95. The summed E-state index contributed by atoms with van der Waals surface area (Å²) in [6.07, 6.45) is -0.479. The van der Waals surface area contributed by atoms with Gasteiger partial charge in [-0.3, -0.25) is 15.0 Å². The summed E-state index contributed by atoms with van der Waals surface area (Å²) in [6.45, 7) is 7.13. The first-order valence-electron chi connectivity index (χ1n) is 7.51. The lowest BCUT2D eigenvalue weighted by Crippen LogP contribution is -2.44. The lowest BCUT2D eigenvalue weighted by molar-refractivity contribution is -0.384. The number of carbonyl (C=O) groups is 1. The molecular formula is C16H20N4O4. The van der Waals surface area contributed by atoms with Gasteiger partial charge in [-0.1, -0.05) is 0 Å². The first-order valence-corrected chi connectivity index (χ1v) is 7.51. The fraction of sp³-hybridized carbons (Fsp3) is 0.500. The number of hydrogen-bond donors (Lipinski definition) is 1. The Hall–Kier alpha value is -2.66. The third-order valence-electron chi connectivity index (χ3n) is 4.30. The van der Waals surface area contributed by atoms with Crippen molar-refractivity contribution in [1.29, 1.82) is 5.26 Å². The van der Waals surface area contributed by atoms with E-state index in [1.807, 2.05) is 26.8 Å². The topological polar surface area (TPSA) is 122 Å². The van der Waals surface area contributed by atoms with Crippen molar-refractivity contribution in [3.8, 4) is 6.07 Å². The molecule has 128 valence electrons. The van der Waals surface area contributed by atoms with Crippen LogP contribution in [0.5, 0.6) is 0 Å². The summed E-state index contributed by atoms with van der Waals surface area (Å²) in [5.74, 6) is 0. The highest BCUT2D eigenvalue weighted by Crippen LogP contribution is 2.40. The molecule has 0 radical (unpaired) electrons. The number of likely N-dealkylation sites (tertiary alicyclic amines) is 1. The molecule has 2 rings (SSSR count). The van der Waals surface area contributed by atoms with Crippen molar-refractivity contribution < 1.29 is 14.5 Å². The number of non-ortho nitro benzene ring substituents is 1. The normalized spacial score (nSPS) is 21.2. The van der Waals surface area contributed by atoms with Crippen LogP contribution in [0.4, 0.5) is 10.5 Å². The van der Waals surface area contributed by atoms with E-state index in [1.165, 1.54) is 18.2 Å². The van der Waals surface area contributed by atoms with Gasteiger partial charge in [0, 0.05) is 42.7 Å². The number of primary amides is 1. The first kappa shape index (κ1) is 17.7.